The van der Waals surface area contributed by atoms with Crippen LogP contribution in [0.25, 0.3) is 0 Å². The molecular weight excluding hydrogens is 352 g/mol. The summed E-state index contributed by atoms with van der Waals surface area (Å²) < 4.78 is 27.7. The lowest BCUT2D eigenvalue weighted by atomic mass is 10.1. The molecule has 0 saturated heterocycles. The Bertz CT molecular complexity index is 927. The van der Waals surface area contributed by atoms with Crippen molar-refractivity contribution in [2.24, 2.45) is 0 Å². The van der Waals surface area contributed by atoms with E-state index in [9.17, 15) is 18.0 Å². The number of benzene rings is 1. The number of carbonyl (C=O) groups excluding carboxylic acids is 1. The number of rotatable bonds is 8. The zero-order valence-corrected chi connectivity index (χ0v) is 16.1. The third kappa shape index (κ3) is 4.28. The van der Waals surface area contributed by atoms with E-state index in [1.165, 1.54) is 22.6 Å². The number of hydrogen-bond donors (Lipinski definition) is 0. The van der Waals surface area contributed by atoms with Crippen LogP contribution < -0.4 is 5.56 Å². The van der Waals surface area contributed by atoms with Crippen molar-refractivity contribution in [1.29, 1.82) is 0 Å². The standard InChI is InChI=1S/C19H24N2O4S/c1-4-15-7-9-16(10-8-15)18(22)14-20-13-17(11-12-19(20)23)26(24,25)21(5-2)6-3/h7-13H,4-6,14H2,1-3H3. The molecule has 0 spiro atoms. The van der Waals surface area contributed by atoms with Crippen LogP contribution in [0.3, 0.4) is 0 Å². The molecule has 0 unspecified atom stereocenters. The van der Waals surface area contributed by atoms with Gasteiger partial charge in [0.15, 0.2) is 5.78 Å². The zero-order valence-electron chi connectivity index (χ0n) is 15.3. The van der Waals surface area contributed by atoms with E-state index in [1.807, 2.05) is 19.1 Å². The summed E-state index contributed by atoms with van der Waals surface area (Å²) >= 11 is 0. The number of hydrogen-bond acceptors (Lipinski definition) is 4. The summed E-state index contributed by atoms with van der Waals surface area (Å²) in [7, 11) is -3.69. The molecule has 140 valence electrons. The predicted molar refractivity (Wildman–Crippen MR) is 101 cm³/mol. The average Bonchev–Trinajstić information content (AvgIpc) is 2.64. The molecule has 6 nitrogen and oxygen atoms in total. The first-order chi connectivity index (χ1) is 12.3. The zero-order chi connectivity index (χ0) is 19.3. The van der Waals surface area contributed by atoms with Gasteiger partial charge >= 0.3 is 0 Å². The number of ketones is 1. The van der Waals surface area contributed by atoms with Gasteiger partial charge in [-0.1, -0.05) is 45.0 Å². The molecule has 0 aliphatic heterocycles. The molecule has 1 aromatic heterocycles. The van der Waals surface area contributed by atoms with Crippen LogP contribution in [-0.4, -0.2) is 36.2 Å². The Morgan fingerprint density at radius 3 is 2.15 bits per heavy atom. The van der Waals surface area contributed by atoms with E-state index in [0.29, 0.717) is 18.7 Å². The number of sulfonamides is 1. The van der Waals surface area contributed by atoms with E-state index in [1.54, 1.807) is 26.0 Å². The van der Waals surface area contributed by atoms with E-state index in [4.69, 9.17) is 0 Å². The van der Waals surface area contributed by atoms with Crippen molar-refractivity contribution < 1.29 is 13.2 Å². The van der Waals surface area contributed by atoms with Crippen molar-refractivity contribution in [2.45, 2.75) is 38.6 Å². The molecule has 0 aliphatic rings. The molecule has 0 amide bonds. The highest BCUT2D eigenvalue weighted by molar-refractivity contribution is 7.89. The molecule has 1 aromatic carbocycles. The maximum atomic E-state index is 12.6. The van der Waals surface area contributed by atoms with Crippen LogP contribution in [0.1, 0.15) is 36.7 Å². The lowest BCUT2D eigenvalue weighted by Crippen LogP contribution is -2.32. The highest BCUT2D eigenvalue weighted by atomic mass is 32.2. The Hall–Kier alpha value is -2.25. The Balaban J connectivity index is 2.32. The molecule has 26 heavy (non-hydrogen) atoms. The molecule has 0 fully saturated rings. The van der Waals surface area contributed by atoms with Crippen LogP contribution in [-0.2, 0) is 23.0 Å². The van der Waals surface area contributed by atoms with Gasteiger partial charge in [-0.05, 0) is 18.1 Å². The van der Waals surface area contributed by atoms with E-state index in [2.05, 4.69) is 0 Å². The smallest absolute Gasteiger partial charge is 0.251 e. The second-order valence-corrected chi connectivity index (χ2v) is 7.83. The summed E-state index contributed by atoms with van der Waals surface area (Å²) in [6, 6.07) is 9.66. The molecule has 0 saturated carbocycles. The Morgan fingerprint density at radius 1 is 1.00 bits per heavy atom. The largest absolute Gasteiger partial charge is 0.306 e. The van der Waals surface area contributed by atoms with Gasteiger partial charge in [0.25, 0.3) is 5.56 Å². The van der Waals surface area contributed by atoms with Gasteiger partial charge in [0.05, 0.1) is 11.4 Å². The summed E-state index contributed by atoms with van der Waals surface area (Å²) in [5, 5.41) is 0. The first-order valence-corrected chi connectivity index (χ1v) is 10.1. The fourth-order valence-corrected chi connectivity index (χ4v) is 4.15. The first kappa shape index (κ1) is 20.1. The first-order valence-electron chi connectivity index (χ1n) is 8.66. The van der Waals surface area contributed by atoms with Crippen LogP contribution in [0.5, 0.6) is 0 Å². The summed E-state index contributed by atoms with van der Waals surface area (Å²) in [6.07, 6.45) is 2.12. The van der Waals surface area contributed by atoms with Crippen molar-refractivity contribution >= 4 is 15.8 Å². The van der Waals surface area contributed by atoms with Crippen molar-refractivity contribution in [2.75, 3.05) is 13.1 Å². The van der Waals surface area contributed by atoms with E-state index >= 15 is 0 Å². The maximum absolute atomic E-state index is 12.6. The third-order valence-corrected chi connectivity index (χ3v) is 6.33. The summed E-state index contributed by atoms with van der Waals surface area (Å²) in [5.41, 5.74) is 1.19. The van der Waals surface area contributed by atoms with Crippen LogP contribution in [0.15, 0.2) is 52.3 Å². The quantitative estimate of drug-likeness (QED) is 0.663. The average molecular weight is 376 g/mol. The van der Waals surface area contributed by atoms with Gasteiger partial charge in [-0.25, -0.2) is 8.42 Å². The fourth-order valence-electron chi connectivity index (χ4n) is 2.67. The molecule has 0 radical (unpaired) electrons. The van der Waals surface area contributed by atoms with Gasteiger partial charge in [0.2, 0.25) is 10.0 Å². The number of pyridine rings is 1. The van der Waals surface area contributed by atoms with Gasteiger partial charge in [0, 0.05) is 30.9 Å². The van der Waals surface area contributed by atoms with Gasteiger partial charge in [-0.15, -0.1) is 0 Å². The monoisotopic (exact) mass is 376 g/mol. The molecule has 2 aromatic rings. The molecule has 0 atom stereocenters. The molecule has 0 bridgehead atoms. The van der Waals surface area contributed by atoms with Crippen molar-refractivity contribution in [3.05, 3.63) is 64.1 Å². The highest BCUT2D eigenvalue weighted by Crippen LogP contribution is 2.14. The van der Waals surface area contributed by atoms with Crippen molar-refractivity contribution in [1.82, 2.24) is 8.87 Å². The van der Waals surface area contributed by atoms with Crippen LogP contribution in [0.4, 0.5) is 0 Å². The Morgan fingerprint density at radius 2 is 1.62 bits per heavy atom. The second kappa shape index (κ2) is 8.42. The normalized spacial score (nSPS) is 11.7. The second-order valence-electron chi connectivity index (χ2n) is 5.89. The van der Waals surface area contributed by atoms with E-state index < -0.39 is 15.6 Å². The third-order valence-electron chi connectivity index (χ3n) is 4.30. The van der Waals surface area contributed by atoms with Gasteiger partial charge in [-0.2, -0.15) is 4.31 Å². The summed E-state index contributed by atoms with van der Waals surface area (Å²) in [5.74, 6) is -0.243. The Labute approximate surface area is 154 Å². The van der Waals surface area contributed by atoms with E-state index in [-0.39, 0.29) is 17.2 Å². The van der Waals surface area contributed by atoms with Crippen molar-refractivity contribution in [3.63, 3.8) is 0 Å². The van der Waals surface area contributed by atoms with Crippen molar-refractivity contribution in [3.8, 4) is 0 Å². The summed E-state index contributed by atoms with van der Waals surface area (Å²) in [6.45, 7) is 5.99. The molecule has 0 N–H and O–H groups in total. The Kier molecular flexibility index (Phi) is 6.50. The minimum atomic E-state index is -3.69. The predicted octanol–water partition coefficient (Wildman–Crippen LogP) is 2.32. The molecular formula is C19H24N2O4S. The number of carbonyl (C=O) groups is 1. The molecule has 0 aliphatic carbocycles. The lowest BCUT2D eigenvalue weighted by Gasteiger charge is -2.19. The highest BCUT2D eigenvalue weighted by Gasteiger charge is 2.22. The minimum absolute atomic E-state index is 0.00920. The van der Waals surface area contributed by atoms with Gasteiger partial charge < -0.3 is 4.57 Å². The topological polar surface area (TPSA) is 76.5 Å². The number of Topliss-reactive ketones (excluding diaryl/α,β-unsaturated/α-hetero) is 1. The minimum Gasteiger partial charge on any atom is -0.306 e. The molecule has 1 heterocycles. The SMILES string of the molecule is CCc1ccc(C(=O)Cn2cc(S(=O)(=O)N(CC)CC)ccc2=O)cc1. The number of aryl methyl sites for hydroxylation is 1. The number of nitrogens with zero attached hydrogens (tertiary/aromatic N) is 2. The van der Waals surface area contributed by atoms with Gasteiger partial charge in [0.1, 0.15) is 0 Å². The maximum Gasteiger partial charge on any atom is 0.251 e. The fraction of sp³-hybridized carbons (Fsp3) is 0.368. The van der Waals surface area contributed by atoms with Gasteiger partial charge in [-0.3, -0.25) is 9.59 Å². The lowest BCUT2D eigenvalue weighted by molar-refractivity contribution is 0.0970. The molecule has 7 heteroatoms. The van der Waals surface area contributed by atoms with E-state index in [0.717, 1.165) is 16.6 Å². The van der Waals surface area contributed by atoms with Crippen LogP contribution in [0, 0.1) is 0 Å². The van der Waals surface area contributed by atoms with Crippen LogP contribution >= 0.6 is 0 Å². The summed E-state index contributed by atoms with van der Waals surface area (Å²) in [4.78, 5) is 24.5. The number of aromatic nitrogens is 1. The van der Waals surface area contributed by atoms with Crippen LogP contribution in [0.2, 0.25) is 0 Å². The molecule has 2 rings (SSSR count).